The van der Waals surface area contributed by atoms with Gasteiger partial charge in [0, 0.05) is 13.5 Å². The standard InChI is InChI=1S/C12H21N3O2/c1-5-12(6-2,7-13)15-11(16)10-8(3)14-9(4)17-10/h5-7,13H2,1-4H3,(H,15,16). The molecule has 0 unspecified atom stereocenters. The molecule has 1 aromatic heterocycles. The van der Waals surface area contributed by atoms with Crippen LogP contribution in [0.5, 0.6) is 0 Å². The molecule has 0 atom stereocenters. The van der Waals surface area contributed by atoms with Crippen LogP contribution in [0.2, 0.25) is 0 Å². The summed E-state index contributed by atoms with van der Waals surface area (Å²) in [5.74, 6) is 0.540. The number of oxazole rings is 1. The van der Waals surface area contributed by atoms with Gasteiger partial charge >= 0.3 is 0 Å². The molecule has 1 heterocycles. The molecular weight excluding hydrogens is 218 g/mol. The fourth-order valence-electron chi connectivity index (χ4n) is 1.81. The third-order valence-corrected chi connectivity index (χ3v) is 3.23. The Kier molecular flexibility index (Phi) is 4.28. The first kappa shape index (κ1) is 13.7. The van der Waals surface area contributed by atoms with E-state index in [1.165, 1.54) is 0 Å². The second-order valence-corrected chi connectivity index (χ2v) is 4.29. The van der Waals surface area contributed by atoms with Crippen LogP contribution in [0.4, 0.5) is 0 Å². The van der Waals surface area contributed by atoms with E-state index >= 15 is 0 Å². The molecule has 1 aromatic rings. The van der Waals surface area contributed by atoms with Crippen LogP contribution < -0.4 is 11.1 Å². The van der Waals surface area contributed by atoms with Crippen LogP contribution in [0, 0.1) is 13.8 Å². The summed E-state index contributed by atoms with van der Waals surface area (Å²) in [6.45, 7) is 7.91. The fraction of sp³-hybridized carbons (Fsp3) is 0.667. The Labute approximate surface area is 102 Å². The molecule has 0 saturated carbocycles. The Morgan fingerprint density at radius 3 is 2.35 bits per heavy atom. The first-order valence-electron chi connectivity index (χ1n) is 5.94. The number of carbonyl (C=O) groups is 1. The van der Waals surface area contributed by atoms with E-state index in [1.807, 2.05) is 13.8 Å². The fourth-order valence-corrected chi connectivity index (χ4v) is 1.81. The molecule has 0 fully saturated rings. The molecule has 0 aliphatic carbocycles. The van der Waals surface area contributed by atoms with Crippen LogP contribution in [-0.4, -0.2) is 23.0 Å². The number of rotatable bonds is 5. The van der Waals surface area contributed by atoms with E-state index < -0.39 is 0 Å². The maximum absolute atomic E-state index is 12.1. The average molecular weight is 239 g/mol. The van der Waals surface area contributed by atoms with Crippen molar-refractivity contribution in [1.82, 2.24) is 10.3 Å². The molecule has 0 aromatic carbocycles. The van der Waals surface area contributed by atoms with Crippen molar-refractivity contribution < 1.29 is 9.21 Å². The predicted molar refractivity (Wildman–Crippen MR) is 65.8 cm³/mol. The molecule has 0 bridgehead atoms. The van der Waals surface area contributed by atoms with Crippen molar-refractivity contribution in [3.05, 3.63) is 17.3 Å². The SMILES string of the molecule is CCC(CC)(CN)NC(=O)c1oc(C)nc1C. The van der Waals surface area contributed by atoms with Gasteiger partial charge in [0.05, 0.1) is 11.2 Å². The number of hydrogen-bond acceptors (Lipinski definition) is 4. The quantitative estimate of drug-likeness (QED) is 0.816. The van der Waals surface area contributed by atoms with Gasteiger partial charge in [-0.15, -0.1) is 0 Å². The zero-order valence-corrected chi connectivity index (χ0v) is 11.0. The molecule has 96 valence electrons. The number of aromatic nitrogens is 1. The highest BCUT2D eigenvalue weighted by atomic mass is 16.4. The molecule has 3 N–H and O–H groups in total. The number of hydrogen-bond donors (Lipinski definition) is 2. The molecule has 0 spiro atoms. The molecule has 5 nitrogen and oxygen atoms in total. The summed E-state index contributed by atoms with van der Waals surface area (Å²) < 4.78 is 5.29. The Balaban J connectivity index is 2.88. The van der Waals surface area contributed by atoms with Crippen molar-refractivity contribution in [3.63, 3.8) is 0 Å². The van der Waals surface area contributed by atoms with Gasteiger partial charge in [-0.1, -0.05) is 13.8 Å². The van der Waals surface area contributed by atoms with Crippen LogP contribution in [0.25, 0.3) is 0 Å². The lowest BCUT2D eigenvalue weighted by atomic mass is 9.93. The summed E-state index contributed by atoms with van der Waals surface area (Å²) in [6.07, 6.45) is 1.58. The first-order chi connectivity index (χ1) is 7.98. The van der Waals surface area contributed by atoms with E-state index in [9.17, 15) is 4.79 Å². The lowest BCUT2D eigenvalue weighted by molar-refractivity contribution is 0.0864. The Bertz CT molecular complexity index is 386. The van der Waals surface area contributed by atoms with E-state index in [-0.39, 0.29) is 17.2 Å². The zero-order chi connectivity index (χ0) is 13.1. The monoisotopic (exact) mass is 239 g/mol. The second-order valence-electron chi connectivity index (χ2n) is 4.29. The number of amides is 1. The maximum Gasteiger partial charge on any atom is 0.289 e. The Hall–Kier alpha value is -1.36. The highest BCUT2D eigenvalue weighted by Crippen LogP contribution is 2.16. The molecule has 1 rings (SSSR count). The molecule has 5 heteroatoms. The molecule has 0 aliphatic heterocycles. The molecular formula is C12H21N3O2. The Morgan fingerprint density at radius 1 is 1.41 bits per heavy atom. The summed E-state index contributed by atoms with van der Waals surface area (Å²) in [4.78, 5) is 16.2. The summed E-state index contributed by atoms with van der Waals surface area (Å²) in [7, 11) is 0. The number of nitrogens with two attached hydrogens (primary N) is 1. The van der Waals surface area contributed by atoms with Crippen molar-refractivity contribution in [3.8, 4) is 0 Å². The summed E-state index contributed by atoms with van der Waals surface area (Å²) in [5.41, 5.74) is 5.99. The average Bonchev–Trinajstić information content (AvgIpc) is 2.65. The molecule has 17 heavy (non-hydrogen) atoms. The van der Waals surface area contributed by atoms with Gasteiger partial charge in [-0.3, -0.25) is 4.79 Å². The smallest absolute Gasteiger partial charge is 0.289 e. The lowest BCUT2D eigenvalue weighted by Gasteiger charge is -2.31. The van der Waals surface area contributed by atoms with Gasteiger partial charge in [-0.25, -0.2) is 4.98 Å². The van der Waals surface area contributed by atoms with Crippen LogP contribution in [-0.2, 0) is 0 Å². The minimum absolute atomic E-state index is 0.239. The second kappa shape index (κ2) is 5.31. The predicted octanol–water partition coefficient (Wildman–Crippen LogP) is 1.54. The molecule has 0 aliphatic rings. The van der Waals surface area contributed by atoms with E-state index in [0.717, 1.165) is 12.8 Å². The molecule has 0 radical (unpaired) electrons. The largest absolute Gasteiger partial charge is 0.436 e. The summed E-state index contributed by atoms with van der Waals surface area (Å²) in [6, 6.07) is 0. The minimum atomic E-state index is -0.357. The maximum atomic E-state index is 12.1. The van der Waals surface area contributed by atoms with Crippen molar-refractivity contribution in [2.75, 3.05) is 6.54 Å². The Morgan fingerprint density at radius 2 is 2.00 bits per heavy atom. The number of nitrogens with zero attached hydrogens (tertiary/aromatic N) is 1. The van der Waals surface area contributed by atoms with Crippen molar-refractivity contribution in [2.45, 2.75) is 46.1 Å². The highest BCUT2D eigenvalue weighted by molar-refractivity contribution is 5.92. The zero-order valence-electron chi connectivity index (χ0n) is 11.0. The third kappa shape index (κ3) is 2.85. The van der Waals surface area contributed by atoms with E-state index in [1.54, 1.807) is 13.8 Å². The number of aryl methyl sites for hydroxylation is 2. The van der Waals surface area contributed by atoms with Gasteiger partial charge in [-0.2, -0.15) is 0 Å². The van der Waals surface area contributed by atoms with Gasteiger partial charge < -0.3 is 15.5 Å². The van der Waals surface area contributed by atoms with Gasteiger partial charge in [0.15, 0.2) is 5.89 Å². The summed E-state index contributed by atoms with van der Waals surface area (Å²) >= 11 is 0. The third-order valence-electron chi connectivity index (χ3n) is 3.23. The summed E-state index contributed by atoms with van der Waals surface area (Å²) in [5, 5.41) is 2.95. The van der Waals surface area contributed by atoms with Crippen LogP contribution >= 0.6 is 0 Å². The minimum Gasteiger partial charge on any atom is -0.436 e. The lowest BCUT2D eigenvalue weighted by Crippen LogP contribution is -2.52. The topological polar surface area (TPSA) is 81.1 Å². The first-order valence-corrected chi connectivity index (χ1v) is 5.94. The van der Waals surface area contributed by atoms with Crippen molar-refractivity contribution in [2.24, 2.45) is 5.73 Å². The number of nitrogens with one attached hydrogen (secondary N) is 1. The van der Waals surface area contributed by atoms with Gasteiger partial charge in [0.1, 0.15) is 0 Å². The van der Waals surface area contributed by atoms with E-state index in [4.69, 9.17) is 10.2 Å². The molecule has 1 amide bonds. The van der Waals surface area contributed by atoms with Crippen molar-refractivity contribution in [1.29, 1.82) is 0 Å². The van der Waals surface area contributed by atoms with Crippen LogP contribution in [0.3, 0.4) is 0 Å². The van der Waals surface area contributed by atoms with E-state index in [0.29, 0.717) is 18.1 Å². The van der Waals surface area contributed by atoms with Crippen LogP contribution in [0.1, 0.15) is 48.8 Å². The van der Waals surface area contributed by atoms with Gasteiger partial charge in [0.25, 0.3) is 5.91 Å². The van der Waals surface area contributed by atoms with Crippen molar-refractivity contribution >= 4 is 5.91 Å². The normalized spacial score (nSPS) is 11.6. The number of carbonyl (C=O) groups excluding carboxylic acids is 1. The van der Waals surface area contributed by atoms with Crippen LogP contribution in [0.15, 0.2) is 4.42 Å². The van der Waals surface area contributed by atoms with Gasteiger partial charge in [-0.05, 0) is 19.8 Å². The van der Waals surface area contributed by atoms with E-state index in [2.05, 4.69) is 10.3 Å². The highest BCUT2D eigenvalue weighted by Gasteiger charge is 2.29. The van der Waals surface area contributed by atoms with Gasteiger partial charge in [0.2, 0.25) is 5.76 Å². The molecule has 0 saturated heterocycles.